The van der Waals surface area contributed by atoms with E-state index in [-0.39, 0.29) is 30.8 Å². The van der Waals surface area contributed by atoms with Gasteiger partial charge in [0.1, 0.15) is 19.0 Å². The predicted molar refractivity (Wildman–Crippen MR) is 96.7 cm³/mol. The van der Waals surface area contributed by atoms with E-state index in [1.54, 1.807) is 0 Å². The number of amides is 1. The van der Waals surface area contributed by atoms with Gasteiger partial charge >= 0.3 is 5.97 Å². The second-order valence-corrected chi connectivity index (χ2v) is 5.94. The molecule has 1 amide bonds. The Kier molecular flexibility index (Phi) is 7.47. The van der Waals surface area contributed by atoms with Crippen molar-refractivity contribution in [3.8, 4) is 0 Å². The highest BCUT2D eigenvalue weighted by atomic mass is 32.1. The third-order valence-corrected chi connectivity index (χ3v) is 4.08. The van der Waals surface area contributed by atoms with Crippen LogP contribution in [0.4, 0.5) is 4.39 Å². The van der Waals surface area contributed by atoms with Gasteiger partial charge in [0.15, 0.2) is 0 Å². The predicted octanol–water partition coefficient (Wildman–Crippen LogP) is 2.77. The summed E-state index contributed by atoms with van der Waals surface area (Å²) in [6.07, 6.45) is 0.556. The summed E-state index contributed by atoms with van der Waals surface area (Å²) in [6.45, 7) is -0.173. The first kappa shape index (κ1) is 19.0. The summed E-state index contributed by atoms with van der Waals surface area (Å²) >= 11 is 4.22. The largest absolute Gasteiger partial charge is 0.460 e. The Morgan fingerprint density at radius 2 is 1.72 bits per heavy atom. The first-order valence-corrected chi connectivity index (χ1v) is 8.54. The maximum absolute atomic E-state index is 12.8. The summed E-state index contributed by atoms with van der Waals surface area (Å²) in [6, 6.07) is 15.3. The van der Waals surface area contributed by atoms with Gasteiger partial charge in [-0.25, -0.2) is 4.39 Å². The fourth-order valence-electron chi connectivity index (χ4n) is 2.24. The zero-order valence-corrected chi connectivity index (χ0v) is 14.5. The normalized spacial score (nSPS) is 11.6. The number of ether oxygens (including phenoxy) is 1. The molecule has 0 aliphatic heterocycles. The summed E-state index contributed by atoms with van der Waals surface area (Å²) < 4.78 is 17.9. The lowest BCUT2D eigenvalue weighted by Crippen LogP contribution is -2.37. The monoisotopic (exact) mass is 361 g/mol. The highest BCUT2D eigenvalue weighted by Gasteiger charge is 2.18. The zero-order chi connectivity index (χ0) is 18.1. The number of halogens is 1. The van der Waals surface area contributed by atoms with Gasteiger partial charge in [-0.3, -0.25) is 9.59 Å². The molecule has 0 saturated heterocycles. The standard InChI is InChI=1S/C19H20FNO3S/c20-17-8-6-15(7-9-17)12-24-18(22)11-21-19(23)16(13-25)10-14-4-2-1-3-5-14/h1-9,16,25H,10-13H2,(H,21,23). The van der Waals surface area contributed by atoms with Crippen LogP contribution in [0.1, 0.15) is 11.1 Å². The lowest BCUT2D eigenvalue weighted by molar-refractivity contribution is -0.145. The molecule has 0 fully saturated rings. The number of esters is 1. The molecule has 25 heavy (non-hydrogen) atoms. The SMILES string of the molecule is O=C(CNC(=O)C(CS)Cc1ccccc1)OCc1ccc(F)cc1. The molecule has 0 radical (unpaired) electrons. The van der Waals surface area contributed by atoms with E-state index in [0.717, 1.165) is 5.56 Å². The van der Waals surface area contributed by atoms with E-state index >= 15 is 0 Å². The molecule has 0 aromatic heterocycles. The second-order valence-electron chi connectivity index (χ2n) is 5.57. The van der Waals surface area contributed by atoms with E-state index in [9.17, 15) is 14.0 Å². The van der Waals surface area contributed by atoms with Crippen molar-refractivity contribution >= 4 is 24.5 Å². The van der Waals surface area contributed by atoms with Crippen LogP contribution in [0.5, 0.6) is 0 Å². The van der Waals surface area contributed by atoms with Gasteiger partial charge < -0.3 is 10.1 Å². The minimum Gasteiger partial charge on any atom is -0.460 e. The Bertz CT molecular complexity index is 692. The number of hydrogen-bond acceptors (Lipinski definition) is 4. The van der Waals surface area contributed by atoms with E-state index in [1.165, 1.54) is 24.3 Å². The minimum absolute atomic E-state index is 0.0367. The van der Waals surface area contributed by atoms with Crippen LogP contribution in [0.25, 0.3) is 0 Å². The number of carbonyl (C=O) groups is 2. The van der Waals surface area contributed by atoms with Crippen LogP contribution in [0.15, 0.2) is 54.6 Å². The first-order chi connectivity index (χ1) is 12.1. The van der Waals surface area contributed by atoms with Gasteiger partial charge in [0.25, 0.3) is 0 Å². The van der Waals surface area contributed by atoms with Crippen LogP contribution >= 0.6 is 12.6 Å². The molecule has 0 aliphatic carbocycles. The van der Waals surface area contributed by atoms with Gasteiger partial charge in [0.05, 0.1) is 5.92 Å². The molecular weight excluding hydrogens is 341 g/mol. The van der Waals surface area contributed by atoms with Crippen LogP contribution in [-0.2, 0) is 27.4 Å². The van der Waals surface area contributed by atoms with Crippen LogP contribution in [0.2, 0.25) is 0 Å². The molecule has 132 valence electrons. The molecular formula is C19H20FNO3S. The molecule has 1 atom stereocenters. The Balaban J connectivity index is 1.75. The van der Waals surface area contributed by atoms with Crippen molar-refractivity contribution in [1.29, 1.82) is 0 Å². The van der Waals surface area contributed by atoms with Crippen LogP contribution in [-0.4, -0.2) is 24.2 Å². The molecule has 0 saturated carbocycles. The smallest absolute Gasteiger partial charge is 0.325 e. The number of thiol groups is 1. The highest BCUT2D eigenvalue weighted by molar-refractivity contribution is 7.80. The molecule has 0 aliphatic rings. The Morgan fingerprint density at radius 1 is 1.04 bits per heavy atom. The van der Waals surface area contributed by atoms with Crippen molar-refractivity contribution < 1.29 is 18.7 Å². The molecule has 1 unspecified atom stereocenters. The number of nitrogens with one attached hydrogen (secondary N) is 1. The van der Waals surface area contributed by atoms with Gasteiger partial charge in [-0.1, -0.05) is 42.5 Å². The topological polar surface area (TPSA) is 55.4 Å². The van der Waals surface area contributed by atoms with E-state index in [2.05, 4.69) is 17.9 Å². The van der Waals surface area contributed by atoms with Crippen molar-refractivity contribution in [1.82, 2.24) is 5.32 Å². The number of carbonyl (C=O) groups excluding carboxylic acids is 2. The second kappa shape index (κ2) is 9.84. The Labute approximate surface area is 151 Å². The van der Waals surface area contributed by atoms with Crippen molar-refractivity contribution in [2.75, 3.05) is 12.3 Å². The maximum Gasteiger partial charge on any atom is 0.325 e. The lowest BCUT2D eigenvalue weighted by Gasteiger charge is -2.14. The summed E-state index contributed by atoms with van der Waals surface area (Å²) in [5.74, 6) is -1.08. The summed E-state index contributed by atoms with van der Waals surface area (Å²) in [7, 11) is 0. The molecule has 6 heteroatoms. The van der Waals surface area contributed by atoms with Crippen LogP contribution in [0, 0.1) is 11.7 Å². The molecule has 2 aromatic rings. The van der Waals surface area contributed by atoms with E-state index in [0.29, 0.717) is 17.7 Å². The summed E-state index contributed by atoms with van der Waals surface area (Å²) in [4.78, 5) is 23.9. The van der Waals surface area contributed by atoms with Crippen LogP contribution < -0.4 is 5.32 Å². The molecule has 0 spiro atoms. The van der Waals surface area contributed by atoms with Gasteiger partial charge in [-0.2, -0.15) is 12.6 Å². The summed E-state index contributed by atoms with van der Waals surface area (Å²) in [5, 5.41) is 2.58. The number of benzene rings is 2. The van der Waals surface area contributed by atoms with Gasteiger partial charge in [0, 0.05) is 5.75 Å². The maximum atomic E-state index is 12.8. The molecule has 1 N–H and O–H groups in total. The Hall–Kier alpha value is -2.34. The summed E-state index contributed by atoms with van der Waals surface area (Å²) in [5.41, 5.74) is 1.72. The fraction of sp³-hybridized carbons (Fsp3) is 0.263. The molecule has 2 rings (SSSR count). The van der Waals surface area contributed by atoms with Crippen LogP contribution in [0.3, 0.4) is 0 Å². The molecule has 0 heterocycles. The Morgan fingerprint density at radius 3 is 2.36 bits per heavy atom. The van der Waals surface area contributed by atoms with Crippen molar-refractivity contribution in [3.05, 3.63) is 71.5 Å². The van der Waals surface area contributed by atoms with Gasteiger partial charge in [-0.15, -0.1) is 0 Å². The zero-order valence-electron chi connectivity index (χ0n) is 13.7. The number of rotatable bonds is 8. The van der Waals surface area contributed by atoms with E-state index < -0.39 is 5.97 Å². The third kappa shape index (κ3) is 6.58. The molecule has 2 aromatic carbocycles. The number of hydrogen-bond donors (Lipinski definition) is 2. The van der Waals surface area contributed by atoms with Crippen molar-refractivity contribution in [3.63, 3.8) is 0 Å². The third-order valence-electron chi connectivity index (χ3n) is 3.64. The quantitative estimate of drug-likeness (QED) is 0.562. The van der Waals surface area contributed by atoms with E-state index in [4.69, 9.17) is 4.74 Å². The fourth-order valence-corrected chi connectivity index (χ4v) is 2.53. The highest BCUT2D eigenvalue weighted by Crippen LogP contribution is 2.10. The average Bonchev–Trinajstić information content (AvgIpc) is 2.64. The lowest BCUT2D eigenvalue weighted by atomic mass is 10.0. The van der Waals surface area contributed by atoms with Crippen molar-refractivity contribution in [2.45, 2.75) is 13.0 Å². The average molecular weight is 361 g/mol. The molecule has 0 bridgehead atoms. The molecule has 4 nitrogen and oxygen atoms in total. The van der Waals surface area contributed by atoms with Gasteiger partial charge in [0.2, 0.25) is 5.91 Å². The minimum atomic E-state index is -0.546. The van der Waals surface area contributed by atoms with Gasteiger partial charge in [-0.05, 0) is 29.7 Å². The first-order valence-electron chi connectivity index (χ1n) is 7.91. The van der Waals surface area contributed by atoms with Crippen molar-refractivity contribution in [2.24, 2.45) is 5.92 Å². The van der Waals surface area contributed by atoms with E-state index in [1.807, 2.05) is 30.3 Å².